The molecule has 2 heterocycles. The predicted molar refractivity (Wildman–Crippen MR) is 230 cm³/mol. The van der Waals surface area contributed by atoms with Crippen molar-refractivity contribution < 1.29 is 0 Å². The van der Waals surface area contributed by atoms with Crippen molar-refractivity contribution in [3.63, 3.8) is 0 Å². The van der Waals surface area contributed by atoms with Gasteiger partial charge < -0.3 is 9.47 Å². The second-order valence-corrected chi connectivity index (χ2v) is 14.3. The summed E-state index contributed by atoms with van der Waals surface area (Å²) in [5, 5.41) is 2.47. The lowest BCUT2D eigenvalue weighted by molar-refractivity contribution is 1.10. The third kappa shape index (κ3) is 5.76. The largest absolute Gasteiger partial charge is 0.311 e. The molecule has 262 valence electrons. The van der Waals surface area contributed by atoms with E-state index in [0.717, 1.165) is 62.0 Å². The van der Waals surface area contributed by atoms with Gasteiger partial charge in [-0.15, -0.1) is 0 Å². The summed E-state index contributed by atoms with van der Waals surface area (Å²) in [5.41, 5.74) is 15.6. The summed E-state index contributed by atoms with van der Waals surface area (Å²) in [4.78, 5) is 7.63. The van der Waals surface area contributed by atoms with E-state index in [4.69, 9.17) is 4.98 Å². The Morgan fingerprint density at radius 2 is 0.873 bits per heavy atom. The molecule has 0 unspecified atom stereocenters. The number of hydrogen-bond acceptors (Lipinski definition) is 2. The van der Waals surface area contributed by atoms with Crippen LogP contribution in [0, 0.1) is 13.8 Å². The number of rotatable bonds is 7. The van der Waals surface area contributed by atoms with Crippen LogP contribution in [0.3, 0.4) is 0 Å². The van der Waals surface area contributed by atoms with E-state index in [1.54, 1.807) is 0 Å². The molecule has 8 aromatic carbocycles. The minimum absolute atomic E-state index is 0.901. The van der Waals surface area contributed by atoms with Crippen LogP contribution < -0.4 is 4.90 Å². The van der Waals surface area contributed by atoms with Crippen LogP contribution in [0.25, 0.3) is 66.7 Å². The molecule has 10 rings (SSSR count). The summed E-state index contributed by atoms with van der Waals surface area (Å²) in [6.45, 7) is 4.26. The number of fused-ring (bicyclic) bond motifs is 4. The van der Waals surface area contributed by atoms with E-state index in [1.807, 2.05) is 0 Å². The van der Waals surface area contributed by atoms with Gasteiger partial charge in [-0.05, 0) is 116 Å². The van der Waals surface area contributed by atoms with Crippen molar-refractivity contribution >= 4 is 49.9 Å². The van der Waals surface area contributed by atoms with Gasteiger partial charge in [0.25, 0.3) is 0 Å². The maximum atomic E-state index is 5.30. The molecule has 10 aromatic rings. The van der Waals surface area contributed by atoms with Crippen LogP contribution in [-0.2, 0) is 0 Å². The van der Waals surface area contributed by atoms with E-state index < -0.39 is 0 Å². The van der Waals surface area contributed by atoms with Crippen molar-refractivity contribution in [1.29, 1.82) is 0 Å². The lowest BCUT2D eigenvalue weighted by Crippen LogP contribution is -2.09. The zero-order chi connectivity index (χ0) is 36.9. The van der Waals surface area contributed by atoms with Gasteiger partial charge in [0.15, 0.2) is 0 Å². The highest BCUT2D eigenvalue weighted by Gasteiger charge is 2.19. The Hall–Kier alpha value is -7.17. The summed E-state index contributed by atoms with van der Waals surface area (Å²) >= 11 is 0. The van der Waals surface area contributed by atoms with Gasteiger partial charge in [-0.25, -0.2) is 4.98 Å². The van der Waals surface area contributed by atoms with Crippen LogP contribution in [0.4, 0.5) is 17.1 Å². The number of benzene rings is 8. The van der Waals surface area contributed by atoms with Crippen molar-refractivity contribution in [2.24, 2.45) is 0 Å². The Morgan fingerprint density at radius 1 is 0.382 bits per heavy atom. The molecule has 0 fully saturated rings. The van der Waals surface area contributed by atoms with Crippen molar-refractivity contribution in [2.45, 2.75) is 13.8 Å². The van der Waals surface area contributed by atoms with Crippen LogP contribution in [0.15, 0.2) is 194 Å². The zero-order valence-electron chi connectivity index (χ0n) is 30.8. The Balaban J connectivity index is 1.19. The highest BCUT2D eigenvalue weighted by atomic mass is 15.1. The molecule has 4 nitrogen and oxygen atoms in total. The van der Waals surface area contributed by atoms with Gasteiger partial charge in [0, 0.05) is 44.8 Å². The smallest absolute Gasteiger partial charge is 0.145 e. The summed E-state index contributed by atoms with van der Waals surface area (Å²) in [6.07, 6.45) is 0. The van der Waals surface area contributed by atoms with Gasteiger partial charge in [-0.3, -0.25) is 4.57 Å². The molecule has 0 atom stereocenters. The maximum absolute atomic E-state index is 5.30. The van der Waals surface area contributed by atoms with E-state index in [2.05, 4.69) is 222 Å². The van der Waals surface area contributed by atoms with Gasteiger partial charge in [0.2, 0.25) is 0 Å². The molecule has 0 aliphatic rings. The fraction of sp³-hybridized carbons (Fsp3) is 0.0392. The molecule has 0 spiro atoms. The number of imidazole rings is 1. The van der Waals surface area contributed by atoms with Crippen LogP contribution >= 0.6 is 0 Å². The highest BCUT2D eigenvalue weighted by Crippen LogP contribution is 2.39. The molecule has 0 saturated heterocycles. The van der Waals surface area contributed by atoms with Crippen molar-refractivity contribution in [1.82, 2.24) is 14.1 Å². The molecule has 0 aliphatic heterocycles. The van der Waals surface area contributed by atoms with Crippen LogP contribution in [0.5, 0.6) is 0 Å². The highest BCUT2D eigenvalue weighted by molar-refractivity contribution is 6.09. The van der Waals surface area contributed by atoms with Gasteiger partial charge in [0.05, 0.1) is 22.1 Å². The summed E-state index contributed by atoms with van der Waals surface area (Å²) in [5.74, 6) is 0.901. The molecule has 0 N–H and O–H groups in total. The van der Waals surface area contributed by atoms with E-state index in [0.29, 0.717) is 0 Å². The molecular formula is C51H38N4. The first-order valence-electron chi connectivity index (χ1n) is 18.8. The first kappa shape index (κ1) is 32.5. The molecule has 4 heteroatoms. The second-order valence-electron chi connectivity index (χ2n) is 14.3. The maximum Gasteiger partial charge on any atom is 0.145 e. The lowest BCUT2D eigenvalue weighted by atomic mass is 10.0. The van der Waals surface area contributed by atoms with Gasteiger partial charge in [0.1, 0.15) is 5.82 Å². The Morgan fingerprint density at radius 3 is 1.47 bits per heavy atom. The third-order valence-corrected chi connectivity index (χ3v) is 10.6. The summed E-state index contributed by atoms with van der Waals surface area (Å²) in [7, 11) is 0. The molecular weight excluding hydrogens is 669 g/mol. The Labute approximate surface area is 320 Å². The Bertz CT molecular complexity index is 2870. The van der Waals surface area contributed by atoms with Gasteiger partial charge in [-0.1, -0.05) is 114 Å². The zero-order valence-corrected chi connectivity index (χ0v) is 30.8. The summed E-state index contributed by atoms with van der Waals surface area (Å²) < 4.78 is 4.69. The molecule has 0 amide bonds. The minimum Gasteiger partial charge on any atom is -0.311 e. The van der Waals surface area contributed by atoms with Gasteiger partial charge >= 0.3 is 0 Å². The number of para-hydroxylation sites is 5. The molecule has 0 saturated carbocycles. The minimum atomic E-state index is 0.901. The average Bonchev–Trinajstić information content (AvgIpc) is 3.79. The number of nitrogens with zero attached hydrogens (tertiary/aromatic N) is 4. The molecule has 0 bridgehead atoms. The number of aryl methyl sites for hydroxylation is 2. The number of hydrogen-bond donors (Lipinski definition) is 0. The topological polar surface area (TPSA) is 26.0 Å². The quantitative estimate of drug-likeness (QED) is 0.165. The van der Waals surface area contributed by atoms with Crippen molar-refractivity contribution in [3.8, 4) is 33.9 Å². The van der Waals surface area contributed by atoms with E-state index >= 15 is 0 Å². The van der Waals surface area contributed by atoms with Crippen molar-refractivity contribution in [2.75, 3.05) is 4.90 Å². The SMILES string of the molecule is Cc1ccc(N(c2ccc(C)cc2)c2ccc(-c3cc(-c4nc5ccccc5n4-c4ccccc4)cc(-n4c5ccccc5c5ccccc54)c3)cc2)cc1. The van der Waals surface area contributed by atoms with Gasteiger partial charge in [-0.2, -0.15) is 0 Å². The van der Waals surface area contributed by atoms with E-state index in [-0.39, 0.29) is 0 Å². The standard InChI is InChI=1S/C51H38N4/c1-35-20-26-41(27-21-35)53(42-28-22-36(2)23-29-42)43-30-24-37(25-31-43)38-32-39(51-52-47-16-8-11-19-50(47)55(51)40-12-4-3-5-13-40)34-44(33-38)54-48-17-9-6-14-45(48)46-15-7-10-18-49(46)54/h3-34H,1-2H3. The average molecular weight is 707 g/mol. The predicted octanol–water partition coefficient (Wildman–Crippen LogP) is 13.5. The van der Waals surface area contributed by atoms with Crippen LogP contribution in [-0.4, -0.2) is 14.1 Å². The molecule has 0 radical (unpaired) electrons. The summed E-state index contributed by atoms with van der Waals surface area (Å²) in [6, 6.07) is 69.7. The fourth-order valence-corrected chi connectivity index (χ4v) is 7.93. The molecule has 2 aromatic heterocycles. The van der Waals surface area contributed by atoms with Crippen LogP contribution in [0.2, 0.25) is 0 Å². The molecule has 0 aliphatic carbocycles. The number of aromatic nitrogens is 3. The Kier molecular flexibility index (Phi) is 7.88. The normalized spacial score (nSPS) is 11.5. The number of anilines is 3. The van der Waals surface area contributed by atoms with Crippen molar-refractivity contribution in [3.05, 3.63) is 205 Å². The fourth-order valence-electron chi connectivity index (χ4n) is 7.93. The van der Waals surface area contributed by atoms with E-state index in [1.165, 1.54) is 32.9 Å². The van der Waals surface area contributed by atoms with E-state index in [9.17, 15) is 0 Å². The first-order chi connectivity index (χ1) is 27.1. The third-order valence-electron chi connectivity index (χ3n) is 10.6. The lowest BCUT2D eigenvalue weighted by Gasteiger charge is -2.26. The first-order valence-corrected chi connectivity index (χ1v) is 18.8. The second kappa shape index (κ2) is 13.4. The molecule has 55 heavy (non-hydrogen) atoms. The monoisotopic (exact) mass is 706 g/mol. The van der Waals surface area contributed by atoms with Crippen LogP contribution in [0.1, 0.15) is 11.1 Å².